The Hall–Kier alpha value is -1.72. The van der Waals surface area contributed by atoms with Crippen LogP contribution in [0.5, 0.6) is 0 Å². The fourth-order valence-corrected chi connectivity index (χ4v) is 1.10. The average molecular weight is 167 g/mol. The molecule has 0 spiro atoms. The van der Waals surface area contributed by atoms with Gasteiger partial charge in [0, 0.05) is 7.05 Å². The van der Waals surface area contributed by atoms with Gasteiger partial charge < -0.3 is 16.0 Å². The molecule has 0 bridgehead atoms. The van der Waals surface area contributed by atoms with Crippen molar-refractivity contribution in [3.05, 3.63) is 10.4 Å². The fourth-order valence-electron chi connectivity index (χ4n) is 1.10. The maximum absolute atomic E-state index is 11.3. The Labute approximate surface area is 68.4 Å². The fraction of sp³-hybridized carbons (Fsp3) is 0.333. The Kier molecular flexibility index (Phi) is 1.39. The van der Waals surface area contributed by atoms with Crippen molar-refractivity contribution >= 4 is 17.5 Å². The number of aromatic amines is 1. The van der Waals surface area contributed by atoms with Gasteiger partial charge in [-0.15, -0.1) is 0 Å². The number of aromatic nitrogens is 2. The molecule has 2 rings (SSSR count). The first-order valence-electron chi connectivity index (χ1n) is 3.61. The van der Waals surface area contributed by atoms with Crippen LogP contribution < -0.4 is 21.5 Å². The molecule has 0 atom stereocenters. The number of H-pyrrole nitrogens is 1. The summed E-state index contributed by atoms with van der Waals surface area (Å²) in [6, 6.07) is 0. The summed E-state index contributed by atoms with van der Waals surface area (Å²) >= 11 is 0. The van der Waals surface area contributed by atoms with Crippen LogP contribution in [0.1, 0.15) is 0 Å². The van der Waals surface area contributed by atoms with Crippen LogP contribution in [0.2, 0.25) is 0 Å². The summed E-state index contributed by atoms with van der Waals surface area (Å²) in [4.78, 5) is 17.9. The van der Waals surface area contributed by atoms with Crippen molar-refractivity contribution in [2.24, 2.45) is 0 Å². The predicted molar refractivity (Wildman–Crippen MR) is 46.5 cm³/mol. The molecule has 0 aliphatic carbocycles. The minimum Gasteiger partial charge on any atom is -0.360 e. The number of hydrogen-bond acceptors (Lipinski definition) is 5. The van der Waals surface area contributed by atoms with E-state index in [2.05, 4.69) is 25.9 Å². The minimum atomic E-state index is -0.158. The third kappa shape index (κ3) is 0.884. The summed E-state index contributed by atoms with van der Waals surface area (Å²) in [5.74, 6) is 1.07. The number of rotatable bonds is 1. The first kappa shape index (κ1) is 6.96. The smallest absolute Gasteiger partial charge is 0.277 e. The molecule has 0 saturated carbocycles. The number of hydrogen-bond donors (Lipinski definition) is 4. The van der Waals surface area contributed by atoms with Crippen LogP contribution in [-0.2, 0) is 0 Å². The van der Waals surface area contributed by atoms with Gasteiger partial charge in [0.2, 0.25) is 5.95 Å². The highest BCUT2D eigenvalue weighted by Crippen LogP contribution is 2.18. The lowest BCUT2D eigenvalue weighted by Gasteiger charge is -2.00. The van der Waals surface area contributed by atoms with Gasteiger partial charge in [-0.2, -0.15) is 4.98 Å². The Morgan fingerprint density at radius 1 is 1.50 bits per heavy atom. The quantitative estimate of drug-likeness (QED) is 0.458. The molecular weight excluding hydrogens is 158 g/mol. The van der Waals surface area contributed by atoms with E-state index in [1.54, 1.807) is 7.05 Å². The second-order valence-corrected chi connectivity index (χ2v) is 2.42. The molecule has 1 aromatic rings. The summed E-state index contributed by atoms with van der Waals surface area (Å²) < 4.78 is 0. The zero-order chi connectivity index (χ0) is 8.55. The van der Waals surface area contributed by atoms with Crippen molar-refractivity contribution in [2.75, 3.05) is 29.7 Å². The molecule has 12 heavy (non-hydrogen) atoms. The van der Waals surface area contributed by atoms with Gasteiger partial charge in [0.15, 0.2) is 5.82 Å². The van der Waals surface area contributed by atoms with Crippen LogP contribution in [0.25, 0.3) is 0 Å². The Morgan fingerprint density at radius 2 is 2.33 bits per heavy atom. The zero-order valence-electron chi connectivity index (χ0n) is 6.56. The Balaban J connectivity index is 2.59. The monoisotopic (exact) mass is 167 g/mol. The highest BCUT2D eigenvalue weighted by atomic mass is 16.1. The van der Waals surface area contributed by atoms with Gasteiger partial charge >= 0.3 is 0 Å². The van der Waals surface area contributed by atoms with E-state index < -0.39 is 0 Å². The molecule has 1 aliphatic rings. The van der Waals surface area contributed by atoms with Crippen LogP contribution in [0, 0.1) is 0 Å². The highest BCUT2D eigenvalue weighted by Gasteiger charge is 2.14. The second-order valence-electron chi connectivity index (χ2n) is 2.42. The first-order chi connectivity index (χ1) is 5.81. The van der Waals surface area contributed by atoms with Crippen LogP contribution in [0.3, 0.4) is 0 Å². The molecule has 2 heterocycles. The van der Waals surface area contributed by atoms with E-state index in [0.29, 0.717) is 24.1 Å². The van der Waals surface area contributed by atoms with Crippen molar-refractivity contribution in [3.63, 3.8) is 0 Å². The lowest BCUT2D eigenvalue weighted by molar-refractivity contribution is 1.13. The van der Waals surface area contributed by atoms with Gasteiger partial charge in [-0.25, -0.2) is 0 Å². The molecule has 1 aromatic heterocycles. The summed E-state index contributed by atoms with van der Waals surface area (Å²) in [5.41, 5.74) is 0.350. The highest BCUT2D eigenvalue weighted by molar-refractivity contribution is 5.68. The molecule has 0 radical (unpaired) electrons. The van der Waals surface area contributed by atoms with Crippen LogP contribution in [-0.4, -0.2) is 23.7 Å². The average Bonchev–Trinajstić information content (AvgIpc) is 2.52. The van der Waals surface area contributed by atoms with Crippen molar-refractivity contribution in [1.29, 1.82) is 0 Å². The molecular formula is C6H9N5O. The Morgan fingerprint density at radius 3 is 3.08 bits per heavy atom. The van der Waals surface area contributed by atoms with Crippen LogP contribution in [0.4, 0.5) is 17.5 Å². The maximum Gasteiger partial charge on any atom is 0.277 e. The van der Waals surface area contributed by atoms with Crippen LogP contribution >= 0.6 is 0 Å². The molecule has 0 unspecified atom stereocenters. The van der Waals surface area contributed by atoms with E-state index in [9.17, 15) is 4.79 Å². The van der Waals surface area contributed by atoms with Gasteiger partial charge in [-0.3, -0.25) is 9.78 Å². The van der Waals surface area contributed by atoms with Gasteiger partial charge in [0.25, 0.3) is 5.56 Å². The normalized spacial score (nSPS) is 13.1. The predicted octanol–water partition coefficient (Wildman–Crippen LogP) is -0.394. The van der Waals surface area contributed by atoms with E-state index in [0.717, 1.165) is 0 Å². The lowest BCUT2D eigenvalue weighted by atomic mass is 10.5. The van der Waals surface area contributed by atoms with E-state index in [-0.39, 0.29) is 5.56 Å². The maximum atomic E-state index is 11.3. The molecule has 0 fully saturated rings. The SMILES string of the molecule is CNc1nc2c(c(=O)[nH]1)NCN2. The minimum absolute atomic E-state index is 0.158. The summed E-state index contributed by atoms with van der Waals surface area (Å²) in [6.07, 6.45) is 0. The molecule has 64 valence electrons. The number of nitrogens with one attached hydrogen (secondary N) is 4. The van der Waals surface area contributed by atoms with Gasteiger partial charge in [0.1, 0.15) is 5.69 Å². The second kappa shape index (κ2) is 2.40. The molecule has 4 N–H and O–H groups in total. The third-order valence-electron chi connectivity index (χ3n) is 1.68. The summed E-state index contributed by atoms with van der Waals surface area (Å²) in [7, 11) is 1.70. The van der Waals surface area contributed by atoms with Gasteiger partial charge in [-0.1, -0.05) is 0 Å². The lowest BCUT2D eigenvalue weighted by Crippen LogP contribution is -2.13. The van der Waals surface area contributed by atoms with Gasteiger partial charge in [-0.05, 0) is 0 Å². The van der Waals surface area contributed by atoms with E-state index >= 15 is 0 Å². The molecule has 0 amide bonds. The Bertz CT molecular complexity index is 357. The number of fused-ring (bicyclic) bond motifs is 1. The number of anilines is 3. The van der Waals surface area contributed by atoms with E-state index in [4.69, 9.17) is 0 Å². The topological polar surface area (TPSA) is 81.8 Å². The van der Waals surface area contributed by atoms with Crippen molar-refractivity contribution < 1.29 is 0 Å². The van der Waals surface area contributed by atoms with E-state index in [1.165, 1.54) is 0 Å². The summed E-state index contributed by atoms with van der Waals surface area (Å²) in [6.45, 7) is 0.554. The molecule has 0 aromatic carbocycles. The van der Waals surface area contributed by atoms with Crippen molar-refractivity contribution in [2.45, 2.75) is 0 Å². The van der Waals surface area contributed by atoms with Gasteiger partial charge in [0.05, 0.1) is 6.67 Å². The molecule has 6 nitrogen and oxygen atoms in total. The van der Waals surface area contributed by atoms with E-state index in [1.807, 2.05) is 0 Å². The van der Waals surface area contributed by atoms with Crippen LogP contribution in [0.15, 0.2) is 4.79 Å². The van der Waals surface area contributed by atoms with Crippen molar-refractivity contribution in [1.82, 2.24) is 9.97 Å². The zero-order valence-corrected chi connectivity index (χ0v) is 6.56. The first-order valence-corrected chi connectivity index (χ1v) is 3.61. The standard InChI is InChI=1S/C6H9N5O/c1-7-6-10-4-3(5(12)11-6)8-2-9-4/h8H,2H2,1H3,(H3,7,9,10,11,12). The summed E-state index contributed by atoms with van der Waals surface area (Å²) in [5, 5.41) is 8.57. The number of nitrogens with zero attached hydrogens (tertiary/aromatic N) is 1. The molecule has 0 saturated heterocycles. The largest absolute Gasteiger partial charge is 0.360 e. The van der Waals surface area contributed by atoms with Crippen molar-refractivity contribution in [3.8, 4) is 0 Å². The third-order valence-corrected chi connectivity index (χ3v) is 1.68. The molecule has 1 aliphatic heterocycles. The molecule has 6 heteroatoms.